The number of nitrogens with one attached hydrogen (secondary N) is 1. The van der Waals surface area contributed by atoms with Gasteiger partial charge in [0.05, 0.1) is 11.6 Å². The molecule has 110 valence electrons. The average Bonchev–Trinajstić information content (AvgIpc) is 2.95. The molecule has 0 radical (unpaired) electrons. The van der Waals surface area contributed by atoms with E-state index in [4.69, 9.17) is 5.11 Å². The van der Waals surface area contributed by atoms with Crippen LogP contribution in [0.3, 0.4) is 0 Å². The topological polar surface area (TPSA) is 92.2 Å². The lowest BCUT2D eigenvalue weighted by Gasteiger charge is -2.08. The monoisotopic (exact) mass is 305 g/mol. The summed E-state index contributed by atoms with van der Waals surface area (Å²) in [6, 6.07) is 6.76. The van der Waals surface area contributed by atoms with Crippen molar-refractivity contribution in [2.24, 2.45) is 0 Å². The Balaban J connectivity index is 2.10. The fourth-order valence-corrected chi connectivity index (χ4v) is 2.44. The number of anilines is 1. The number of nitrogens with zero attached hydrogens (tertiary/aromatic N) is 2. The van der Waals surface area contributed by atoms with Gasteiger partial charge in [-0.1, -0.05) is 23.5 Å². The molecule has 0 saturated heterocycles. The number of carbonyl (C=O) groups excluding carboxylic acids is 1. The number of amides is 1. The van der Waals surface area contributed by atoms with E-state index in [1.165, 1.54) is 0 Å². The van der Waals surface area contributed by atoms with Gasteiger partial charge in [0.1, 0.15) is 4.88 Å². The summed E-state index contributed by atoms with van der Waals surface area (Å²) in [6.45, 7) is 3.53. The van der Waals surface area contributed by atoms with Gasteiger partial charge in [-0.15, -0.1) is 5.10 Å². The molecule has 0 aliphatic carbocycles. The smallest absolute Gasteiger partial charge is 0.310 e. The number of carboxylic acid groups (broad SMARTS) is 1. The minimum atomic E-state index is -0.880. The van der Waals surface area contributed by atoms with Crippen LogP contribution >= 0.6 is 11.5 Å². The molecule has 2 N–H and O–H groups in total. The molecule has 7 heteroatoms. The fraction of sp³-hybridized carbons (Fsp3) is 0.286. The standard InChI is InChI=1S/C14H15N3O3S/c1-3-11-12(21-17-16-11)13(18)15-10-6-4-9(5-7-10)8(2)14(19)20/h4-8H,3H2,1-2H3,(H,15,18)(H,19,20). The van der Waals surface area contributed by atoms with E-state index in [1.54, 1.807) is 31.2 Å². The molecular weight excluding hydrogens is 290 g/mol. The van der Waals surface area contributed by atoms with Gasteiger partial charge >= 0.3 is 5.97 Å². The molecule has 1 unspecified atom stereocenters. The van der Waals surface area contributed by atoms with Gasteiger partial charge < -0.3 is 10.4 Å². The van der Waals surface area contributed by atoms with Crippen molar-refractivity contribution in [1.29, 1.82) is 0 Å². The number of carboxylic acids is 1. The number of hydrogen-bond acceptors (Lipinski definition) is 5. The van der Waals surface area contributed by atoms with Gasteiger partial charge in [-0.3, -0.25) is 9.59 Å². The van der Waals surface area contributed by atoms with Crippen molar-refractivity contribution in [2.75, 3.05) is 5.32 Å². The molecule has 0 aliphatic rings. The highest BCUT2D eigenvalue weighted by molar-refractivity contribution is 7.08. The van der Waals surface area contributed by atoms with Gasteiger partial charge in [-0.25, -0.2) is 0 Å². The summed E-state index contributed by atoms with van der Waals surface area (Å²) in [5.74, 6) is -1.71. The first kappa shape index (κ1) is 15.1. The quantitative estimate of drug-likeness (QED) is 0.885. The number of carbonyl (C=O) groups is 2. The van der Waals surface area contributed by atoms with E-state index in [-0.39, 0.29) is 5.91 Å². The second-order valence-electron chi connectivity index (χ2n) is 4.54. The molecule has 1 aromatic carbocycles. The van der Waals surface area contributed by atoms with Crippen LogP contribution in [0.5, 0.6) is 0 Å². The van der Waals surface area contributed by atoms with Gasteiger partial charge in [0.25, 0.3) is 5.91 Å². The van der Waals surface area contributed by atoms with Gasteiger partial charge in [-0.05, 0) is 42.6 Å². The van der Waals surface area contributed by atoms with Crippen molar-refractivity contribution in [3.8, 4) is 0 Å². The molecule has 1 heterocycles. The molecule has 6 nitrogen and oxygen atoms in total. The number of aliphatic carboxylic acids is 1. The zero-order chi connectivity index (χ0) is 15.4. The normalized spacial score (nSPS) is 11.9. The van der Waals surface area contributed by atoms with Gasteiger partial charge in [0.2, 0.25) is 0 Å². The summed E-state index contributed by atoms with van der Waals surface area (Å²) in [6.07, 6.45) is 0.647. The van der Waals surface area contributed by atoms with Gasteiger partial charge in [0.15, 0.2) is 0 Å². The summed E-state index contributed by atoms with van der Waals surface area (Å²) in [5.41, 5.74) is 1.97. The number of aromatic nitrogens is 2. The van der Waals surface area contributed by atoms with Crippen LogP contribution in [0.4, 0.5) is 5.69 Å². The lowest BCUT2D eigenvalue weighted by molar-refractivity contribution is -0.138. The SMILES string of the molecule is CCc1nnsc1C(=O)Nc1ccc(C(C)C(=O)O)cc1. The Morgan fingerprint density at radius 1 is 1.33 bits per heavy atom. The second-order valence-corrected chi connectivity index (χ2v) is 5.29. The van der Waals surface area contributed by atoms with Crippen LogP contribution in [0.25, 0.3) is 0 Å². The highest BCUT2D eigenvalue weighted by atomic mass is 32.1. The molecule has 0 aliphatic heterocycles. The van der Waals surface area contributed by atoms with Gasteiger partial charge in [-0.2, -0.15) is 0 Å². The van der Waals surface area contributed by atoms with E-state index < -0.39 is 11.9 Å². The highest BCUT2D eigenvalue weighted by Gasteiger charge is 2.16. The van der Waals surface area contributed by atoms with Crippen LogP contribution in [0.15, 0.2) is 24.3 Å². The third-order valence-corrected chi connectivity index (χ3v) is 3.90. The zero-order valence-corrected chi connectivity index (χ0v) is 12.5. The Morgan fingerprint density at radius 2 is 2.00 bits per heavy atom. The van der Waals surface area contributed by atoms with Crippen molar-refractivity contribution in [1.82, 2.24) is 9.59 Å². The average molecular weight is 305 g/mol. The van der Waals surface area contributed by atoms with E-state index in [0.29, 0.717) is 28.2 Å². The lowest BCUT2D eigenvalue weighted by atomic mass is 10.0. The Labute approximate surface area is 126 Å². The summed E-state index contributed by atoms with van der Waals surface area (Å²) in [5, 5.41) is 15.6. The molecule has 21 heavy (non-hydrogen) atoms. The summed E-state index contributed by atoms with van der Waals surface area (Å²) < 4.78 is 3.78. The van der Waals surface area contributed by atoms with E-state index in [2.05, 4.69) is 14.9 Å². The van der Waals surface area contributed by atoms with Crippen LogP contribution in [0.2, 0.25) is 0 Å². The van der Waals surface area contributed by atoms with Crippen molar-refractivity contribution >= 4 is 29.1 Å². The molecule has 2 aromatic rings. The molecule has 0 saturated carbocycles. The van der Waals surface area contributed by atoms with Crippen LogP contribution in [0, 0.1) is 0 Å². The van der Waals surface area contributed by atoms with Crippen LogP contribution in [-0.2, 0) is 11.2 Å². The Bertz CT molecular complexity index is 652. The first-order valence-corrected chi connectivity index (χ1v) is 7.25. The fourth-order valence-electron chi connectivity index (χ4n) is 1.80. The number of benzene rings is 1. The number of aryl methyl sites for hydroxylation is 1. The Morgan fingerprint density at radius 3 is 2.57 bits per heavy atom. The number of rotatable bonds is 5. The largest absolute Gasteiger partial charge is 0.481 e. The van der Waals surface area contributed by atoms with Crippen LogP contribution < -0.4 is 5.32 Å². The first-order valence-electron chi connectivity index (χ1n) is 6.48. The maximum absolute atomic E-state index is 12.1. The minimum Gasteiger partial charge on any atom is -0.481 e. The molecule has 0 fully saturated rings. The molecule has 2 rings (SSSR count). The maximum atomic E-state index is 12.1. The first-order chi connectivity index (χ1) is 10.0. The second kappa shape index (κ2) is 6.45. The third kappa shape index (κ3) is 3.43. The molecule has 0 spiro atoms. The van der Waals surface area contributed by atoms with Gasteiger partial charge in [0, 0.05) is 5.69 Å². The predicted molar refractivity (Wildman–Crippen MR) is 79.7 cm³/mol. The van der Waals surface area contributed by atoms with Crippen molar-refractivity contribution < 1.29 is 14.7 Å². The Kier molecular flexibility index (Phi) is 4.64. The molecule has 1 aromatic heterocycles. The van der Waals surface area contributed by atoms with Crippen LogP contribution in [-0.4, -0.2) is 26.6 Å². The predicted octanol–water partition coefficient (Wildman–Crippen LogP) is 2.54. The lowest BCUT2D eigenvalue weighted by Crippen LogP contribution is -2.12. The molecule has 0 bridgehead atoms. The molecule has 1 atom stereocenters. The Hall–Kier alpha value is -2.28. The van der Waals surface area contributed by atoms with Crippen LogP contribution in [0.1, 0.15) is 40.7 Å². The minimum absolute atomic E-state index is 0.249. The maximum Gasteiger partial charge on any atom is 0.310 e. The highest BCUT2D eigenvalue weighted by Crippen LogP contribution is 2.19. The van der Waals surface area contributed by atoms with E-state index >= 15 is 0 Å². The van der Waals surface area contributed by atoms with E-state index in [0.717, 1.165) is 11.5 Å². The van der Waals surface area contributed by atoms with Crippen molar-refractivity contribution in [3.63, 3.8) is 0 Å². The number of hydrogen-bond donors (Lipinski definition) is 2. The van der Waals surface area contributed by atoms with E-state index in [9.17, 15) is 9.59 Å². The zero-order valence-electron chi connectivity index (χ0n) is 11.7. The van der Waals surface area contributed by atoms with Crippen molar-refractivity contribution in [2.45, 2.75) is 26.2 Å². The summed E-state index contributed by atoms with van der Waals surface area (Å²) >= 11 is 1.06. The van der Waals surface area contributed by atoms with E-state index in [1.807, 2.05) is 6.92 Å². The summed E-state index contributed by atoms with van der Waals surface area (Å²) in [7, 11) is 0. The third-order valence-electron chi connectivity index (χ3n) is 3.14. The van der Waals surface area contributed by atoms with Crippen molar-refractivity contribution in [3.05, 3.63) is 40.4 Å². The molecular formula is C14H15N3O3S. The molecule has 1 amide bonds. The summed E-state index contributed by atoms with van der Waals surface area (Å²) in [4.78, 5) is 23.5.